The molecule has 1 atom stereocenters. The van der Waals surface area contributed by atoms with Crippen molar-refractivity contribution in [3.8, 4) is 5.69 Å². The van der Waals surface area contributed by atoms with Gasteiger partial charge in [-0.05, 0) is 60.6 Å². The predicted octanol–water partition coefficient (Wildman–Crippen LogP) is 8.33. The molecular formula is C29H20ClN3OS3. The lowest BCUT2D eigenvalue weighted by Gasteiger charge is -2.34. The van der Waals surface area contributed by atoms with Crippen molar-refractivity contribution in [3.63, 3.8) is 0 Å². The molecule has 0 spiro atoms. The van der Waals surface area contributed by atoms with E-state index in [4.69, 9.17) is 39.3 Å². The summed E-state index contributed by atoms with van der Waals surface area (Å²) < 4.78 is 10.5. The first-order valence-corrected chi connectivity index (χ1v) is 14.3. The molecule has 1 unspecified atom stereocenters. The molecule has 0 bridgehead atoms. The van der Waals surface area contributed by atoms with Gasteiger partial charge in [0.2, 0.25) is 0 Å². The molecule has 5 aromatic rings. The zero-order valence-corrected chi connectivity index (χ0v) is 22.7. The predicted molar refractivity (Wildman–Crippen MR) is 156 cm³/mol. The number of ether oxygens (including phenoxy) is 1. The van der Waals surface area contributed by atoms with Crippen LogP contribution in [0.2, 0.25) is 5.02 Å². The highest BCUT2D eigenvalue weighted by Gasteiger charge is 2.40. The molecule has 8 heteroatoms. The Morgan fingerprint density at radius 3 is 2.46 bits per heavy atom. The van der Waals surface area contributed by atoms with Crippen molar-refractivity contribution in [1.29, 1.82) is 0 Å². The number of fused-ring (bicyclic) bond motifs is 3. The summed E-state index contributed by atoms with van der Waals surface area (Å²) in [5, 5.41) is 1.55. The summed E-state index contributed by atoms with van der Waals surface area (Å²) in [4.78, 5) is 6.25. The molecule has 1 aliphatic carbocycles. The number of allylic oxidation sites excluding steroid dienone is 3. The van der Waals surface area contributed by atoms with Gasteiger partial charge < -0.3 is 10.5 Å². The maximum absolute atomic E-state index is 6.71. The van der Waals surface area contributed by atoms with E-state index in [0.29, 0.717) is 10.9 Å². The Kier molecular flexibility index (Phi) is 5.55. The van der Waals surface area contributed by atoms with Crippen molar-refractivity contribution in [3.05, 3.63) is 121 Å². The Morgan fingerprint density at radius 2 is 1.68 bits per heavy atom. The highest BCUT2D eigenvalue weighted by molar-refractivity contribution is 7.73. The van der Waals surface area contributed by atoms with E-state index >= 15 is 0 Å². The van der Waals surface area contributed by atoms with Crippen LogP contribution >= 0.6 is 46.5 Å². The Morgan fingerprint density at radius 1 is 0.919 bits per heavy atom. The van der Waals surface area contributed by atoms with E-state index in [1.54, 1.807) is 22.7 Å². The van der Waals surface area contributed by atoms with Crippen LogP contribution in [-0.2, 0) is 11.2 Å². The summed E-state index contributed by atoms with van der Waals surface area (Å²) >= 11 is 15.5. The number of nitrogens with zero attached hydrogens (tertiary/aromatic N) is 2. The summed E-state index contributed by atoms with van der Waals surface area (Å²) in [7, 11) is 0. The third kappa shape index (κ3) is 3.77. The summed E-state index contributed by atoms with van der Waals surface area (Å²) in [6, 6.07) is 26.5. The van der Waals surface area contributed by atoms with Crippen LogP contribution in [0.1, 0.15) is 33.5 Å². The smallest absolute Gasteiger partial charge is 0.197 e. The van der Waals surface area contributed by atoms with Gasteiger partial charge in [-0.2, -0.15) is 0 Å². The number of aromatic nitrogens is 2. The van der Waals surface area contributed by atoms with Crippen molar-refractivity contribution in [2.75, 3.05) is 0 Å². The lowest BCUT2D eigenvalue weighted by molar-refractivity contribution is 0.280. The van der Waals surface area contributed by atoms with Gasteiger partial charge in [0.05, 0.1) is 21.5 Å². The van der Waals surface area contributed by atoms with Gasteiger partial charge >= 0.3 is 0 Å². The fraction of sp³-hybridized carbons (Fsp3) is 0.103. The minimum atomic E-state index is -0.181. The van der Waals surface area contributed by atoms with Gasteiger partial charge in [-0.25, -0.2) is 4.98 Å². The Labute approximate surface area is 231 Å². The van der Waals surface area contributed by atoms with Crippen LogP contribution < -0.4 is 5.73 Å². The van der Waals surface area contributed by atoms with Crippen LogP contribution in [0.3, 0.4) is 0 Å². The molecular weight excluding hydrogens is 538 g/mol. The second-order valence-electron chi connectivity index (χ2n) is 9.00. The van der Waals surface area contributed by atoms with Gasteiger partial charge in [-0.1, -0.05) is 54.1 Å². The zero-order valence-electron chi connectivity index (χ0n) is 19.5. The molecule has 182 valence electrons. The van der Waals surface area contributed by atoms with Gasteiger partial charge in [0.1, 0.15) is 10.8 Å². The minimum absolute atomic E-state index is 0.181. The molecule has 7 rings (SSSR count). The van der Waals surface area contributed by atoms with Gasteiger partial charge in [0.15, 0.2) is 9.84 Å². The first-order valence-electron chi connectivity index (χ1n) is 11.9. The Hall–Kier alpha value is -3.23. The molecule has 3 heterocycles. The maximum Gasteiger partial charge on any atom is 0.197 e. The normalized spacial score (nSPS) is 17.1. The van der Waals surface area contributed by atoms with E-state index < -0.39 is 0 Å². The van der Waals surface area contributed by atoms with Gasteiger partial charge in [0, 0.05) is 33.5 Å². The van der Waals surface area contributed by atoms with Crippen molar-refractivity contribution in [1.82, 2.24) is 9.55 Å². The lowest BCUT2D eigenvalue weighted by atomic mass is 9.78. The van der Waals surface area contributed by atoms with E-state index in [1.807, 2.05) is 48.5 Å². The summed E-state index contributed by atoms with van der Waals surface area (Å²) in [5.74, 6) is 1.12. The number of thiazole rings is 2. The van der Waals surface area contributed by atoms with Crippen LogP contribution in [0.4, 0.5) is 0 Å². The second kappa shape index (κ2) is 8.96. The number of aryl methyl sites for hydroxylation is 1. The van der Waals surface area contributed by atoms with Crippen molar-refractivity contribution in [2.24, 2.45) is 5.73 Å². The standard InChI is InChI=1S/C29H20ClN3OS3/c30-17-12-10-16(11-13-17)23-24-20(34-27(31)25(23)28-32-19-8-4-5-9-21(19)36-28)14-15-22-26(24)33(29(35)37-22)18-6-2-1-3-7-18/h1-13,23H,14-15,31H2. The van der Waals surface area contributed by atoms with E-state index in [1.165, 1.54) is 4.88 Å². The topological polar surface area (TPSA) is 53.1 Å². The molecule has 3 aromatic carbocycles. The van der Waals surface area contributed by atoms with Crippen molar-refractivity contribution < 1.29 is 4.74 Å². The van der Waals surface area contributed by atoms with Gasteiger partial charge in [0.25, 0.3) is 0 Å². The highest BCUT2D eigenvalue weighted by atomic mass is 35.5. The Bertz CT molecular complexity index is 1760. The van der Waals surface area contributed by atoms with Gasteiger partial charge in [-0.15, -0.1) is 22.7 Å². The molecule has 2 N–H and O–H groups in total. The monoisotopic (exact) mass is 557 g/mol. The van der Waals surface area contributed by atoms with Crippen LogP contribution in [0.15, 0.2) is 90.5 Å². The fourth-order valence-electron chi connectivity index (χ4n) is 5.24. The largest absolute Gasteiger partial charge is 0.445 e. The van der Waals surface area contributed by atoms with E-state index in [2.05, 4.69) is 34.9 Å². The quantitative estimate of drug-likeness (QED) is 0.226. The zero-order chi connectivity index (χ0) is 25.1. The highest BCUT2D eigenvalue weighted by Crippen LogP contribution is 2.53. The van der Waals surface area contributed by atoms with E-state index in [-0.39, 0.29) is 5.92 Å². The lowest BCUT2D eigenvalue weighted by Crippen LogP contribution is -2.24. The summed E-state index contributed by atoms with van der Waals surface area (Å²) in [5.41, 5.74) is 12.9. The molecule has 0 amide bonds. The van der Waals surface area contributed by atoms with Crippen LogP contribution in [0, 0.1) is 3.95 Å². The summed E-state index contributed by atoms with van der Waals surface area (Å²) in [6.45, 7) is 0. The SMILES string of the molecule is NC1=C(c2nc3ccccc3s2)C(c2ccc(Cl)cc2)C2=C(CCc3sc(=S)n(-c4ccccc4)c32)O1. The molecule has 0 radical (unpaired) electrons. The third-order valence-electron chi connectivity index (χ3n) is 6.83. The summed E-state index contributed by atoms with van der Waals surface area (Å²) in [6.07, 6.45) is 1.63. The molecule has 2 aliphatic rings. The van der Waals surface area contributed by atoms with E-state index in [0.717, 1.165) is 65.9 Å². The van der Waals surface area contributed by atoms with Crippen LogP contribution in [0.5, 0.6) is 0 Å². The average Bonchev–Trinajstić information content (AvgIpc) is 3.49. The number of nitrogens with two attached hydrogens (primary N) is 1. The molecule has 37 heavy (non-hydrogen) atoms. The first-order chi connectivity index (χ1) is 18.1. The number of benzene rings is 3. The van der Waals surface area contributed by atoms with Gasteiger partial charge in [-0.3, -0.25) is 4.57 Å². The third-order valence-corrected chi connectivity index (χ3v) is 9.59. The van der Waals surface area contributed by atoms with E-state index in [9.17, 15) is 0 Å². The van der Waals surface area contributed by atoms with Crippen LogP contribution in [-0.4, -0.2) is 9.55 Å². The fourth-order valence-corrected chi connectivity index (χ4v) is 7.91. The molecule has 0 saturated heterocycles. The number of halogens is 1. The minimum Gasteiger partial charge on any atom is -0.445 e. The van der Waals surface area contributed by atoms with Crippen molar-refractivity contribution in [2.45, 2.75) is 18.8 Å². The number of hydrogen-bond acceptors (Lipinski definition) is 6. The average molecular weight is 558 g/mol. The second-order valence-corrected chi connectivity index (χ2v) is 12.2. The molecule has 2 aromatic heterocycles. The number of para-hydroxylation sites is 2. The number of hydrogen-bond donors (Lipinski definition) is 1. The molecule has 0 fully saturated rings. The van der Waals surface area contributed by atoms with Crippen LogP contribution in [0.25, 0.3) is 27.1 Å². The molecule has 0 saturated carbocycles. The number of rotatable bonds is 3. The maximum atomic E-state index is 6.71. The Balaban J connectivity index is 1.50. The molecule has 4 nitrogen and oxygen atoms in total. The van der Waals surface area contributed by atoms with Crippen molar-refractivity contribution >= 4 is 67.9 Å². The molecule has 1 aliphatic heterocycles. The first kappa shape index (κ1) is 22.9.